The van der Waals surface area contributed by atoms with Crippen molar-refractivity contribution < 1.29 is 33.4 Å². The second-order valence-corrected chi connectivity index (χ2v) is 8.60. The van der Waals surface area contributed by atoms with Crippen molar-refractivity contribution >= 4 is 23.8 Å². The van der Waals surface area contributed by atoms with E-state index in [2.05, 4.69) is 10.6 Å². The highest BCUT2D eigenvalue weighted by Crippen LogP contribution is 2.29. The topological polar surface area (TPSA) is 123 Å². The van der Waals surface area contributed by atoms with Crippen molar-refractivity contribution in [2.24, 2.45) is 0 Å². The van der Waals surface area contributed by atoms with E-state index in [1.54, 1.807) is 31.2 Å². The van der Waals surface area contributed by atoms with E-state index in [0.717, 1.165) is 24.9 Å². The van der Waals surface area contributed by atoms with E-state index in [-0.39, 0.29) is 24.7 Å². The van der Waals surface area contributed by atoms with Gasteiger partial charge in [0.1, 0.15) is 17.2 Å². The second kappa shape index (κ2) is 11.2. The molecular formula is C26H29N3O7. The molecule has 36 heavy (non-hydrogen) atoms. The van der Waals surface area contributed by atoms with Gasteiger partial charge in [-0.25, -0.2) is 4.79 Å². The molecule has 2 aliphatic heterocycles. The summed E-state index contributed by atoms with van der Waals surface area (Å²) in [6.07, 6.45) is 2.54. The first-order valence-corrected chi connectivity index (χ1v) is 12.0. The van der Waals surface area contributed by atoms with Gasteiger partial charge in [-0.15, -0.1) is 0 Å². The van der Waals surface area contributed by atoms with Crippen LogP contribution in [0, 0.1) is 0 Å². The lowest BCUT2D eigenvalue weighted by Gasteiger charge is -2.34. The Morgan fingerprint density at radius 1 is 0.861 bits per heavy atom. The fraction of sp³-hybridized carbons (Fsp3) is 0.385. The van der Waals surface area contributed by atoms with Crippen LogP contribution in [0.15, 0.2) is 48.5 Å². The smallest absolute Gasteiger partial charge is 0.328 e. The molecule has 2 aliphatic rings. The van der Waals surface area contributed by atoms with Crippen molar-refractivity contribution in [3.05, 3.63) is 54.1 Å². The van der Waals surface area contributed by atoms with Crippen LogP contribution in [-0.2, 0) is 25.7 Å². The van der Waals surface area contributed by atoms with E-state index in [1.165, 1.54) is 0 Å². The van der Waals surface area contributed by atoms with Crippen LogP contribution in [0.2, 0.25) is 0 Å². The van der Waals surface area contributed by atoms with Gasteiger partial charge in [0.25, 0.3) is 17.4 Å². The normalized spacial score (nSPS) is 17.4. The van der Waals surface area contributed by atoms with E-state index < -0.39 is 23.4 Å². The summed E-state index contributed by atoms with van der Waals surface area (Å²) in [5.74, 6) is -0.101. The highest BCUT2D eigenvalue weighted by atomic mass is 16.5. The maximum Gasteiger partial charge on any atom is 0.328 e. The van der Waals surface area contributed by atoms with Gasteiger partial charge in [0.05, 0.1) is 6.61 Å². The number of nitrogens with one attached hydrogen (secondary N) is 2. The summed E-state index contributed by atoms with van der Waals surface area (Å²) in [6, 6.07) is 13.1. The monoisotopic (exact) mass is 495 g/mol. The molecule has 10 heteroatoms. The minimum Gasteiger partial charge on any atom is -0.467 e. The number of hydrogen-bond acceptors (Lipinski definition) is 7. The Kier molecular flexibility index (Phi) is 7.84. The number of benzene rings is 2. The Bertz CT molecular complexity index is 1100. The van der Waals surface area contributed by atoms with Crippen LogP contribution in [0.5, 0.6) is 17.2 Å². The van der Waals surface area contributed by atoms with Gasteiger partial charge < -0.3 is 19.1 Å². The number of likely N-dealkylation sites (tertiary alicyclic amines) is 1. The van der Waals surface area contributed by atoms with Gasteiger partial charge in [0.2, 0.25) is 5.91 Å². The molecular weight excluding hydrogens is 466 g/mol. The number of urea groups is 1. The van der Waals surface area contributed by atoms with Crippen molar-refractivity contribution in [3.63, 3.8) is 0 Å². The zero-order valence-electron chi connectivity index (χ0n) is 20.1. The number of barbiturate groups is 1. The molecule has 190 valence electrons. The number of carbonyl (C=O) groups is 4. The van der Waals surface area contributed by atoms with Crippen molar-refractivity contribution in [2.75, 3.05) is 19.8 Å². The average molecular weight is 496 g/mol. The predicted octanol–water partition coefficient (Wildman–Crippen LogP) is 2.90. The number of amides is 5. The molecule has 4 rings (SSSR count). The highest BCUT2D eigenvalue weighted by Gasteiger charge is 2.52. The second-order valence-electron chi connectivity index (χ2n) is 8.60. The summed E-state index contributed by atoms with van der Waals surface area (Å²) in [5.41, 5.74) is -0.905. The average Bonchev–Trinajstić information content (AvgIpc) is 2.86. The first-order chi connectivity index (χ1) is 17.4. The molecule has 2 aromatic rings. The molecule has 2 N–H and O–H groups in total. The molecule has 0 aliphatic carbocycles. The summed E-state index contributed by atoms with van der Waals surface area (Å²) < 4.78 is 17.0. The number of ether oxygens (including phenoxy) is 3. The fourth-order valence-corrected chi connectivity index (χ4v) is 4.10. The third kappa shape index (κ3) is 5.83. The van der Waals surface area contributed by atoms with Gasteiger partial charge >= 0.3 is 6.03 Å². The van der Waals surface area contributed by atoms with E-state index in [4.69, 9.17) is 14.2 Å². The highest BCUT2D eigenvalue weighted by molar-refractivity contribution is 6.21. The number of imide groups is 2. The zero-order valence-corrected chi connectivity index (χ0v) is 20.1. The summed E-state index contributed by atoms with van der Waals surface area (Å²) in [6.45, 7) is 3.66. The Morgan fingerprint density at radius 3 is 2.08 bits per heavy atom. The van der Waals surface area contributed by atoms with Gasteiger partial charge in [0, 0.05) is 32.5 Å². The minimum atomic E-state index is -1.93. The van der Waals surface area contributed by atoms with Gasteiger partial charge in [-0.1, -0.05) is 12.1 Å². The molecule has 0 unspecified atom stereocenters. The molecule has 2 fully saturated rings. The summed E-state index contributed by atoms with van der Waals surface area (Å²) >= 11 is 0. The SMILES string of the molecule is CCOCCC1(Oc2ccc(Oc3ccc(CN4CCCCC4=O)cc3)cc2)C(=O)NC(=O)NC1=O. The van der Waals surface area contributed by atoms with E-state index >= 15 is 0 Å². The van der Waals surface area contributed by atoms with E-state index in [1.807, 2.05) is 29.2 Å². The quantitative estimate of drug-likeness (QED) is 0.384. The molecule has 0 bridgehead atoms. The lowest BCUT2D eigenvalue weighted by molar-refractivity contribution is -0.153. The largest absolute Gasteiger partial charge is 0.467 e. The van der Waals surface area contributed by atoms with E-state index in [0.29, 0.717) is 31.1 Å². The molecule has 0 radical (unpaired) electrons. The number of hydrogen-bond donors (Lipinski definition) is 2. The molecule has 2 heterocycles. The number of piperidine rings is 1. The predicted molar refractivity (Wildman–Crippen MR) is 128 cm³/mol. The molecule has 2 saturated heterocycles. The molecule has 10 nitrogen and oxygen atoms in total. The Hall–Kier alpha value is -3.92. The van der Waals surface area contributed by atoms with Crippen molar-refractivity contribution in [1.29, 1.82) is 0 Å². The molecule has 0 aromatic heterocycles. The third-order valence-electron chi connectivity index (χ3n) is 6.06. The van der Waals surface area contributed by atoms with Crippen LogP contribution in [0.3, 0.4) is 0 Å². The maximum atomic E-state index is 12.6. The van der Waals surface area contributed by atoms with Crippen molar-refractivity contribution in [2.45, 2.75) is 44.8 Å². The number of rotatable bonds is 10. The van der Waals surface area contributed by atoms with Crippen LogP contribution in [0.25, 0.3) is 0 Å². The van der Waals surface area contributed by atoms with Crippen LogP contribution >= 0.6 is 0 Å². The van der Waals surface area contributed by atoms with Crippen molar-refractivity contribution in [3.8, 4) is 17.2 Å². The summed E-state index contributed by atoms with van der Waals surface area (Å²) in [5, 5.41) is 4.18. The summed E-state index contributed by atoms with van der Waals surface area (Å²) in [7, 11) is 0. The maximum absolute atomic E-state index is 12.6. The van der Waals surface area contributed by atoms with Gasteiger partial charge in [-0.2, -0.15) is 0 Å². The van der Waals surface area contributed by atoms with Crippen LogP contribution in [0.4, 0.5) is 4.79 Å². The first-order valence-electron chi connectivity index (χ1n) is 12.0. The molecule has 0 atom stereocenters. The van der Waals surface area contributed by atoms with Gasteiger partial charge in [-0.3, -0.25) is 25.0 Å². The van der Waals surface area contributed by atoms with Gasteiger partial charge in [-0.05, 0) is 61.7 Å². The van der Waals surface area contributed by atoms with Crippen LogP contribution < -0.4 is 20.1 Å². The Morgan fingerprint density at radius 2 is 1.47 bits per heavy atom. The Balaban J connectivity index is 1.40. The number of nitrogens with zero attached hydrogens (tertiary/aromatic N) is 1. The van der Waals surface area contributed by atoms with Gasteiger partial charge in [0.15, 0.2) is 0 Å². The fourth-order valence-electron chi connectivity index (χ4n) is 4.10. The van der Waals surface area contributed by atoms with Crippen LogP contribution in [0.1, 0.15) is 38.2 Å². The van der Waals surface area contributed by atoms with E-state index in [9.17, 15) is 19.2 Å². The van der Waals surface area contributed by atoms with Crippen molar-refractivity contribution in [1.82, 2.24) is 15.5 Å². The Labute approximate surface area is 208 Å². The first kappa shape index (κ1) is 25.2. The molecule has 5 amide bonds. The third-order valence-corrected chi connectivity index (χ3v) is 6.06. The molecule has 0 spiro atoms. The van der Waals surface area contributed by atoms with Crippen LogP contribution in [-0.4, -0.2) is 54.0 Å². The lowest BCUT2D eigenvalue weighted by Crippen LogP contribution is -2.69. The number of carbonyl (C=O) groups excluding carboxylic acids is 4. The molecule has 0 saturated carbocycles. The minimum absolute atomic E-state index is 0.0700. The summed E-state index contributed by atoms with van der Waals surface area (Å²) in [4.78, 5) is 50.6. The standard InChI is InChI=1S/C26H29N3O7/c1-2-34-16-14-26(23(31)27-25(33)28-24(26)32)36-21-12-10-20(11-13-21)35-19-8-6-18(7-9-19)17-29-15-4-3-5-22(29)30/h6-13H,2-5,14-17H2,1H3,(H2,27,28,31,32,33). The lowest BCUT2D eigenvalue weighted by atomic mass is 9.95. The zero-order chi connectivity index (χ0) is 25.5. The molecule has 2 aromatic carbocycles.